The number of ether oxygens (including phenoxy) is 1. The lowest BCUT2D eigenvalue weighted by molar-refractivity contribution is 0.0800. The predicted octanol–water partition coefficient (Wildman–Crippen LogP) is 1.17. The van der Waals surface area contributed by atoms with Crippen LogP contribution in [0.3, 0.4) is 0 Å². The Balaban J connectivity index is 1.74. The number of hydrogen-bond donors (Lipinski definition) is 1. The molecule has 19 heavy (non-hydrogen) atoms. The lowest BCUT2D eigenvalue weighted by Crippen LogP contribution is -2.58. The number of nitrogens with one attached hydrogen (secondary N) is 1. The number of piperazine rings is 1. The van der Waals surface area contributed by atoms with E-state index in [4.69, 9.17) is 4.74 Å². The fraction of sp³-hybridized carbons (Fsp3) is 1.00. The van der Waals surface area contributed by atoms with E-state index in [1.807, 2.05) is 0 Å². The second kappa shape index (κ2) is 7.58. The molecule has 2 aliphatic rings. The van der Waals surface area contributed by atoms with E-state index >= 15 is 0 Å². The van der Waals surface area contributed by atoms with Crippen LogP contribution in [0.15, 0.2) is 0 Å². The average molecular weight is 269 g/mol. The van der Waals surface area contributed by atoms with Crippen LogP contribution < -0.4 is 5.32 Å². The minimum absolute atomic E-state index is 0.546. The molecule has 4 heteroatoms. The highest BCUT2D eigenvalue weighted by Crippen LogP contribution is 2.20. The van der Waals surface area contributed by atoms with Crippen molar-refractivity contribution < 1.29 is 4.74 Å². The first-order valence-electron chi connectivity index (χ1n) is 7.88. The van der Waals surface area contributed by atoms with Crippen LogP contribution in [0.25, 0.3) is 0 Å². The highest BCUT2D eigenvalue weighted by Gasteiger charge is 2.28. The van der Waals surface area contributed by atoms with Gasteiger partial charge in [0, 0.05) is 38.3 Å². The van der Waals surface area contributed by atoms with E-state index in [1.54, 1.807) is 0 Å². The zero-order valence-electron chi connectivity index (χ0n) is 12.9. The van der Waals surface area contributed by atoms with E-state index in [2.05, 4.69) is 36.3 Å². The first-order valence-corrected chi connectivity index (χ1v) is 7.88. The van der Waals surface area contributed by atoms with Gasteiger partial charge < -0.3 is 15.0 Å². The Labute approximate surface area is 118 Å². The lowest BCUT2D eigenvalue weighted by Gasteiger charge is -2.42. The van der Waals surface area contributed by atoms with E-state index in [1.165, 1.54) is 51.7 Å². The van der Waals surface area contributed by atoms with Crippen LogP contribution in [-0.2, 0) is 4.74 Å². The molecular weight excluding hydrogens is 238 g/mol. The van der Waals surface area contributed by atoms with Gasteiger partial charge in [-0.15, -0.1) is 0 Å². The molecule has 3 atom stereocenters. The van der Waals surface area contributed by atoms with Gasteiger partial charge in [-0.3, -0.25) is 4.90 Å². The predicted molar refractivity (Wildman–Crippen MR) is 79.6 cm³/mol. The summed E-state index contributed by atoms with van der Waals surface area (Å²) in [5.41, 5.74) is 0. The van der Waals surface area contributed by atoms with Crippen LogP contribution in [-0.4, -0.2) is 75.4 Å². The van der Waals surface area contributed by atoms with Crippen molar-refractivity contribution in [3.63, 3.8) is 0 Å². The molecule has 0 aromatic rings. The largest absolute Gasteiger partial charge is 0.378 e. The number of hydrogen-bond acceptors (Lipinski definition) is 4. The fourth-order valence-electron chi connectivity index (χ4n) is 3.45. The topological polar surface area (TPSA) is 27.7 Å². The Kier molecular flexibility index (Phi) is 6.07. The molecule has 0 saturated carbocycles. The normalized spacial score (nSPS) is 31.7. The Morgan fingerprint density at radius 2 is 2.16 bits per heavy atom. The van der Waals surface area contributed by atoms with E-state index < -0.39 is 0 Å². The molecule has 0 amide bonds. The quantitative estimate of drug-likeness (QED) is 0.783. The molecule has 2 fully saturated rings. The molecule has 2 aliphatic heterocycles. The second-order valence-corrected chi connectivity index (χ2v) is 6.27. The highest BCUT2D eigenvalue weighted by atomic mass is 16.5. The van der Waals surface area contributed by atoms with Crippen molar-refractivity contribution in [2.75, 3.05) is 47.4 Å². The summed E-state index contributed by atoms with van der Waals surface area (Å²) in [6, 6.07) is 1.25. The molecule has 0 aromatic heterocycles. The SMILES string of the molecule is CNC(CCCC1CCCO1)C1CN(C)CCN1C. The first-order chi connectivity index (χ1) is 9.20. The molecule has 2 rings (SSSR count). The standard InChI is InChI=1S/C15H31N3O/c1-16-14(8-4-6-13-7-5-11-19-13)15-12-17(2)9-10-18(15)3/h13-16H,4-12H2,1-3H3. The molecule has 0 aromatic carbocycles. The summed E-state index contributed by atoms with van der Waals surface area (Å²) in [7, 11) is 6.61. The highest BCUT2D eigenvalue weighted by molar-refractivity contribution is 4.88. The number of rotatable bonds is 6. The monoisotopic (exact) mass is 269 g/mol. The van der Waals surface area contributed by atoms with Gasteiger partial charge in [-0.2, -0.15) is 0 Å². The first kappa shape index (κ1) is 15.2. The van der Waals surface area contributed by atoms with Crippen molar-refractivity contribution in [1.82, 2.24) is 15.1 Å². The van der Waals surface area contributed by atoms with Crippen molar-refractivity contribution >= 4 is 0 Å². The van der Waals surface area contributed by atoms with Crippen LogP contribution in [0.1, 0.15) is 32.1 Å². The third-order valence-electron chi connectivity index (χ3n) is 4.80. The minimum atomic E-state index is 0.546. The molecule has 2 heterocycles. The summed E-state index contributed by atoms with van der Waals surface area (Å²) >= 11 is 0. The summed E-state index contributed by atoms with van der Waals surface area (Å²) in [5.74, 6) is 0. The summed E-state index contributed by atoms with van der Waals surface area (Å²) in [4.78, 5) is 4.97. The molecule has 0 aliphatic carbocycles. The maximum absolute atomic E-state index is 5.71. The fourth-order valence-corrected chi connectivity index (χ4v) is 3.45. The summed E-state index contributed by atoms with van der Waals surface area (Å²) in [5, 5.41) is 3.54. The van der Waals surface area contributed by atoms with Gasteiger partial charge in [0.25, 0.3) is 0 Å². The molecule has 0 radical (unpaired) electrons. The van der Waals surface area contributed by atoms with Crippen molar-refractivity contribution in [3.8, 4) is 0 Å². The maximum atomic E-state index is 5.71. The molecule has 3 unspecified atom stereocenters. The third-order valence-corrected chi connectivity index (χ3v) is 4.80. The van der Waals surface area contributed by atoms with Crippen LogP contribution in [0.4, 0.5) is 0 Å². The van der Waals surface area contributed by atoms with Gasteiger partial charge in [-0.25, -0.2) is 0 Å². The molecular formula is C15H31N3O. The maximum Gasteiger partial charge on any atom is 0.0576 e. The molecule has 4 nitrogen and oxygen atoms in total. The smallest absolute Gasteiger partial charge is 0.0576 e. The molecule has 112 valence electrons. The van der Waals surface area contributed by atoms with Gasteiger partial charge in [-0.05, 0) is 53.2 Å². The lowest BCUT2D eigenvalue weighted by atomic mass is 9.97. The van der Waals surface area contributed by atoms with Crippen LogP contribution in [0.2, 0.25) is 0 Å². The van der Waals surface area contributed by atoms with E-state index in [-0.39, 0.29) is 0 Å². The second-order valence-electron chi connectivity index (χ2n) is 6.27. The van der Waals surface area contributed by atoms with Crippen LogP contribution in [0, 0.1) is 0 Å². The summed E-state index contributed by atoms with van der Waals surface area (Å²) < 4.78 is 5.71. The van der Waals surface area contributed by atoms with Gasteiger partial charge in [0.1, 0.15) is 0 Å². The van der Waals surface area contributed by atoms with Gasteiger partial charge in [-0.1, -0.05) is 0 Å². The van der Waals surface area contributed by atoms with E-state index in [0.29, 0.717) is 18.2 Å². The molecule has 0 spiro atoms. The van der Waals surface area contributed by atoms with Crippen molar-refractivity contribution in [2.45, 2.75) is 50.3 Å². The van der Waals surface area contributed by atoms with Gasteiger partial charge in [0.15, 0.2) is 0 Å². The van der Waals surface area contributed by atoms with Crippen molar-refractivity contribution in [1.29, 1.82) is 0 Å². The summed E-state index contributed by atoms with van der Waals surface area (Å²) in [6.45, 7) is 4.54. The molecule has 2 saturated heterocycles. The zero-order valence-corrected chi connectivity index (χ0v) is 12.9. The minimum Gasteiger partial charge on any atom is -0.378 e. The summed E-state index contributed by atoms with van der Waals surface area (Å²) in [6.07, 6.45) is 6.87. The number of likely N-dealkylation sites (N-methyl/N-ethyl adjacent to an activating group) is 3. The Bertz CT molecular complexity index is 256. The van der Waals surface area contributed by atoms with Gasteiger partial charge in [0.05, 0.1) is 6.10 Å². The van der Waals surface area contributed by atoms with Crippen LogP contribution in [0.5, 0.6) is 0 Å². The molecule has 0 bridgehead atoms. The van der Waals surface area contributed by atoms with E-state index in [9.17, 15) is 0 Å². The molecule has 1 N–H and O–H groups in total. The Morgan fingerprint density at radius 1 is 1.32 bits per heavy atom. The van der Waals surface area contributed by atoms with Gasteiger partial charge in [0.2, 0.25) is 0 Å². The zero-order chi connectivity index (χ0) is 13.7. The number of nitrogens with zero attached hydrogens (tertiary/aromatic N) is 2. The Morgan fingerprint density at radius 3 is 2.84 bits per heavy atom. The van der Waals surface area contributed by atoms with Gasteiger partial charge >= 0.3 is 0 Å². The van der Waals surface area contributed by atoms with Crippen LogP contribution >= 0.6 is 0 Å². The Hall–Kier alpha value is -0.160. The third kappa shape index (κ3) is 4.42. The van der Waals surface area contributed by atoms with E-state index in [0.717, 1.165) is 6.61 Å². The average Bonchev–Trinajstić information content (AvgIpc) is 2.91. The van der Waals surface area contributed by atoms with Crippen molar-refractivity contribution in [3.05, 3.63) is 0 Å². The van der Waals surface area contributed by atoms with Crippen molar-refractivity contribution in [2.24, 2.45) is 0 Å².